The highest BCUT2D eigenvalue weighted by molar-refractivity contribution is 5.93. The molecule has 0 bridgehead atoms. The average Bonchev–Trinajstić information content (AvgIpc) is 3.49. The fourth-order valence-corrected chi connectivity index (χ4v) is 4.07. The maximum Gasteiger partial charge on any atom is 0.228 e. The molecule has 1 aromatic carbocycles. The molecule has 1 amide bonds. The van der Waals surface area contributed by atoms with E-state index in [1.807, 2.05) is 28.9 Å². The first kappa shape index (κ1) is 18.2. The Kier molecular flexibility index (Phi) is 4.75. The lowest BCUT2D eigenvalue weighted by Crippen LogP contribution is -2.35. The van der Waals surface area contributed by atoms with E-state index < -0.39 is 0 Å². The minimum Gasteiger partial charge on any atom is -0.311 e. The zero-order valence-electron chi connectivity index (χ0n) is 16.2. The van der Waals surface area contributed by atoms with Crippen molar-refractivity contribution < 1.29 is 9.18 Å². The van der Waals surface area contributed by atoms with Gasteiger partial charge in [-0.1, -0.05) is 18.2 Å². The molecule has 2 fully saturated rings. The minimum absolute atomic E-state index is 0.110. The van der Waals surface area contributed by atoms with Gasteiger partial charge in [-0.3, -0.25) is 9.69 Å². The third-order valence-electron chi connectivity index (χ3n) is 5.89. The van der Waals surface area contributed by atoms with Crippen molar-refractivity contribution in [3.05, 3.63) is 54.1 Å². The molecule has 1 aliphatic heterocycles. The van der Waals surface area contributed by atoms with Crippen LogP contribution in [0.1, 0.15) is 37.4 Å². The van der Waals surface area contributed by atoms with Crippen LogP contribution in [-0.2, 0) is 11.3 Å². The van der Waals surface area contributed by atoms with Gasteiger partial charge in [-0.25, -0.2) is 14.1 Å². The topological polar surface area (TPSA) is 63.1 Å². The van der Waals surface area contributed by atoms with Gasteiger partial charge in [-0.05, 0) is 37.8 Å². The van der Waals surface area contributed by atoms with Gasteiger partial charge in [0, 0.05) is 37.0 Å². The van der Waals surface area contributed by atoms with Crippen molar-refractivity contribution in [2.75, 3.05) is 18.4 Å². The van der Waals surface area contributed by atoms with Crippen LogP contribution in [0.5, 0.6) is 0 Å². The predicted molar refractivity (Wildman–Crippen MR) is 109 cm³/mol. The summed E-state index contributed by atoms with van der Waals surface area (Å²) >= 11 is 0. The van der Waals surface area contributed by atoms with E-state index in [0.29, 0.717) is 12.1 Å². The second kappa shape index (κ2) is 7.55. The van der Waals surface area contributed by atoms with Crippen molar-refractivity contribution in [1.29, 1.82) is 0 Å². The molecule has 0 unspecified atom stereocenters. The standard InChI is InChI=1S/C22H24FN5O/c23-19-3-1-2-15-6-7-17(25-21(15)19)14-27-12-9-18(10-13-27)28-20(8-11-24-28)26-22(29)16-4-5-16/h1-3,6-8,11,16,18H,4-5,9-10,12-14H2,(H,26,29). The van der Waals surface area contributed by atoms with Gasteiger partial charge in [0.05, 0.1) is 17.9 Å². The van der Waals surface area contributed by atoms with E-state index in [4.69, 9.17) is 0 Å². The third-order valence-corrected chi connectivity index (χ3v) is 5.89. The Balaban J connectivity index is 1.22. The molecule has 1 aliphatic carbocycles. The summed E-state index contributed by atoms with van der Waals surface area (Å²) in [7, 11) is 0. The molecule has 2 aliphatic rings. The molecule has 3 heterocycles. The number of halogens is 1. The zero-order valence-corrected chi connectivity index (χ0v) is 16.2. The summed E-state index contributed by atoms with van der Waals surface area (Å²) < 4.78 is 16.0. The molecule has 3 aromatic rings. The normalized spacial score (nSPS) is 18.2. The van der Waals surface area contributed by atoms with Crippen LogP contribution in [0.25, 0.3) is 10.9 Å². The molecular weight excluding hydrogens is 369 g/mol. The Bertz CT molecular complexity index is 1040. The van der Waals surface area contributed by atoms with Crippen LogP contribution in [0, 0.1) is 11.7 Å². The first-order valence-electron chi connectivity index (χ1n) is 10.3. The number of amides is 1. The maximum absolute atomic E-state index is 14.0. The Hall–Kier alpha value is -2.80. The van der Waals surface area contributed by atoms with E-state index in [1.165, 1.54) is 6.07 Å². The summed E-state index contributed by atoms with van der Waals surface area (Å²) in [6, 6.07) is 11.1. The largest absolute Gasteiger partial charge is 0.311 e. The van der Waals surface area contributed by atoms with Crippen LogP contribution in [0.2, 0.25) is 0 Å². The summed E-state index contributed by atoms with van der Waals surface area (Å²) in [4.78, 5) is 19.0. The predicted octanol–water partition coefficient (Wildman–Crippen LogP) is 3.76. The van der Waals surface area contributed by atoms with E-state index in [9.17, 15) is 9.18 Å². The SMILES string of the molecule is O=C(Nc1ccnn1C1CCN(Cc2ccc3cccc(F)c3n2)CC1)C1CC1. The van der Waals surface area contributed by atoms with Crippen molar-refractivity contribution in [2.24, 2.45) is 5.92 Å². The zero-order chi connectivity index (χ0) is 19.8. The van der Waals surface area contributed by atoms with Gasteiger partial charge < -0.3 is 5.32 Å². The fraction of sp³-hybridized carbons (Fsp3) is 0.409. The first-order valence-corrected chi connectivity index (χ1v) is 10.3. The van der Waals surface area contributed by atoms with E-state index in [-0.39, 0.29) is 23.7 Å². The van der Waals surface area contributed by atoms with Gasteiger partial charge in [0.15, 0.2) is 0 Å². The second-order valence-electron chi connectivity index (χ2n) is 8.05. The number of anilines is 1. The van der Waals surface area contributed by atoms with Gasteiger partial charge in [0.25, 0.3) is 0 Å². The van der Waals surface area contributed by atoms with Gasteiger partial charge in [-0.15, -0.1) is 0 Å². The van der Waals surface area contributed by atoms with Crippen molar-refractivity contribution in [2.45, 2.75) is 38.3 Å². The van der Waals surface area contributed by atoms with Crippen LogP contribution >= 0.6 is 0 Å². The number of rotatable bonds is 5. The number of likely N-dealkylation sites (tertiary alicyclic amines) is 1. The van der Waals surface area contributed by atoms with E-state index in [1.54, 1.807) is 12.3 Å². The molecule has 1 saturated heterocycles. The van der Waals surface area contributed by atoms with Crippen LogP contribution in [0.15, 0.2) is 42.6 Å². The second-order valence-corrected chi connectivity index (χ2v) is 8.05. The Morgan fingerprint density at radius 1 is 1.10 bits per heavy atom. The molecule has 1 saturated carbocycles. The lowest BCUT2D eigenvalue weighted by Gasteiger charge is -2.32. The summed E-state index contributed by atoms with van der Waals surface area (Å²) in [6.45, 7) is 2.54. The molecule has 29 heavy (non-hydrogen) atoms. The number of hydrogen-bond acceptors (Lipinski definition) is 4. The number of carbonyl (C=O) groups is 1. The molecule has 2 aromatic heterocycles. The highest BCUT2D eigenvalue weighted by Gasteiger charge is 2.31. The van der Waals surface area contributed by atoms with Gasteiger partial charge in [0.2, 0.25) is 5.91 Å². The number of nitrogens with one attached hydrogen (secondary N) is 1. The lowest BCUT2D eigenvalue weighted by molar-refractivity contribution is -0.117. The molecule has 6 nitrogen and oxygen atoms in total. The van der Waals surface area contributed by atoms with Crippen molar-refractivity contribution in [1.82, 2.24) is 19.7 Å². The molecule has 7 heteroatoms. The van der Waals surface area contributed by atoms with E-state index in [2.05, 4.69) is 20.3 Å². The summed E-state index contributed by atoms with van der Waals surface area (Å²) in [5.41, 5.74) is 1.32. The van der Waals surface area contributed by atoms with Crippen molar-refractivity contribution in [3.63, 3.8) is 0 Å². The molecule has 0 spiro atoms. The van der Waals surface area contributed by atoms with Gasteiger partial charge in [-0.2, -0.15) is 5.10 Å². The Morgan fingerprint density at radius 2 is 1.93 bits per heavy atom. The maximum atomic E-state index is 14.0. The van der Waals surface area contributed by atoms with Crippen molar-refractivity contribution in [3.8, 4) is 0 Å². The van der Waals surface area contributed by atoms with Crippen LogP contribution < -0.4 is 5.32 Å². The molecule has 1 N–H and O–H groups in total. The highest BCUT2D eigenvalue weighted by atomic mass is 19.1. The molecule has 0 atom stereocenters. The average molecular weight is 393 g/mol. The number of fused-ring (bicyclic) bond motifs is 1. The summed E-state index contributed by atoms with van der Waals surface area (Å²) in [5.74, 6) is 0.813. The quantitative estimate of drug-likeness (QED) is 0.717. The monoisotopic (exact) mass is 393 g/mol. The van der Waals surface area contributed by atoms with Gasteiger partial charge >= 0.3 is 0 Å². The molecule has 150 valence electrons. The van der Waals surface area contributed by atoms with Crippen molar-refractivity contribution >= 4 is 22.6 Å². The number of nitrogens with zero attached hydrogens (tertiary/aromatic N) is 4. The number of carbonyl (C=O) groups excluding carboxylic acids is 1. The number of para-hydroxylation sites is 1. The number of pyridine rings is 1. The number of benzene rings is 1. The Labute approximate surface area is 168 Å². The van der Waals surface area contributed by atoms with E-state index in [0.717, 1.165) is 55.7 Å². The van der Waals surface area contributed by atoms with Gasteiger partial charge in [0.1, 0.15) is 17.2 Å². The number of piperidine rings is 1. The molecule has 0 radical (unpaired) electrons. The summed E-state index contributed by atoms with van der Waals surface area (Å²) in [6.07, 6.45) is 5.64. The minimum atomic E-state index is -0.275. The highest BCUT2D eigenvalue weighted by Crippen LogP contribution is 2.31. The molecule has 5 rings (SSSR count). The number of aromatic nitrogens is 3. The fourth-order valence-electron chi connectivity index (χ4n) is 4.07. The van der Waals surface area contributed by atoms with E-state index >= 15 is 0 Å². The van der Waals surface area contributed by atoms with Crippen LogP contribution in [-0.4, -0.2) is 38.7 Å². The Morgan fingerprint density at radius 3 is 2.72 bits per heavy atom. The van der Waals surface area contributed by atoms with Crippen LogP contribution in [0.3, 0.4) is 0 Å². The third kappa shape index (κ3) is 3.87. The first-order chi connectivity index (χ1) is 14.2. The number of hydrogen-bond donors (Lipinski definition) is 1. The lowest BCUT2D eigenvalue weighted by atomic mass is 10.0. The summed E-state index contributed by atoms with van der Waals surface area (Å²) in [5, 5.41) is 8.31. The molecular formula is C22H24FN5O. The van der Waals surface area contributed by atoms with Crippen LogP contribution in [0.4, 0.5) is 10.2 Å². The smallest absolute Gasteiger partial charge is 0.228 e.